The number of aromatic nitrogens is 4. The van der Waals surface area contributed by atoms with Crippen molar-refractivity contribution < 1.29 is 8.42 Å². The minimum atomic E-state index is -3.78. The molecule has 1 aromatic carbocycles. The van der Waals surface area contributed by atoms with E-state index in [1.165, 1.54) is 23.1 Å². The molecule has 34 heavy (non-hydrogen) atoms. The van der Waals surface area contributed by atoms with Gasteiger partial charge in [-0.3, -0.25) is 18.6 Å². The van der Waals surface area contributed by atoms with Gasteiger partial charge in [-0.15, -0.1) is 0 Å². The van der Waals surface area contributed by atoms with Gasteiger partial charge in [0.2, 0.25) is 10.0 Å². The summed E-state index contributed by atoms with van der Waals surface area (Å²) in [6.45, 7) is 2.47. The summed E-state index contributed by atoms with van der Waals surface area (Å²) in [7, 11) is -2.00. The second-order valence-corrected chi connectivity index (χ2v) is 11.8. The van der Waals surface area contributed by atoms with Crippen LogP contribution in [0.1, 0.15) is 57.4 Å². The maximum absolute atomic E-state index is 13.5. The first kappa shape index (κ1) is 23.0. The number of benzene rings is 1. The Kier molecular flexibility index (Phi) is 5.76. The second-order valence-electron chi connectivity index (χ2n) is 10.2. The largest absolute Gasteiger partial charge is 0.331 e. The molecule has 182 valence electrons. The Morgan fingerprint density at radius 3 is 2.50 bits per heavy atom. The lowest BCUT2D eigenvalue weighted by molar-refractivity contribution is 0.316. The van der Waals surface area contributed by atoms with Crippen molar-refractivity contribution >= 4 is 20.9 Å². The smallest absolute Gasteiger partial charge is 0.293 e. The van der Waals surface area contributed by atoms with Crippen molar-refractivity contribution in [2.24, 2.45) is 13.0 Å². The maximum atomic E-state index is 13.5. The zero-order chi connectivity index (χ0) is 24.1. The number of sulfonamides is 1. The molecule has 0 spiro atoms. The molecule has 9 nitrogen and oxygen atoms in total. The number of nitrogens with zero attached hydrogens (tertiary/aromatic N) is 4. The standard InChI is InChI=1S/C24H31N5O4S/c1-24(10-11-24)26-34(32,33)19-8-9-21-20(12-19)22(30)29(16-18-13-25-27(2)14-18)23(31)28(21)15-17-6-4-3-5-7-17/h8-9,12-14,17,26H,3-7,10-11,15-16H2,1-2H3. The van der Waals surface area contributed by atoms with Gasteiger partial charge in [0, 0.05) is 30.9 Å². The van der Waals surface area contributed by atoms with Crippen LogP contribution in [0.2, 0.25) is 0 Å². The maximum Gasteiger partial charge on any atom is 0.331 e. The minimum Gasteiger partial charge on any atom is -0.293 e. The molecule has 0 unspecified atom stereocenters. The summed E-state index contributed by atoms with van der Waals surface area (Å²) >= 11 is 0. The fourth-order valence-electron chi connectivity index (χ4n) is 4.92. The van der Waals surface area contributed by atoms with E-state index in [1.54, 1.807) is 34.8 Å². The zero-order valence-electron chi connectivity index (χ0n) is 19.7. The first-order chi connectivity index (χ1) is 16.2. The molecule has 2 aliphatic carbocycles. The predicted molar refractivity (Wildman–Crippen MR) is 129 cm³/mol. The molecule has 10 heteroatoms. The van der Waals surface area contributed by atoms with E-state index in [4.69, 9.17) is 0 Å². The van der Waals surface area contributed by atoms with Crippen LogP contribution in [0.25, 0.3) is 10.9 Å². The molecular weight excluding hydrogens is 454 g/mol. The monoisotopic (exact) mass is 485 g/mol. The lowest BCUT2D eigenvalue weighted by Crippen LogP contribution is -2.41. The summed E-state index contributed by atoms with van der Waals surface area (Å²) in [6, 6.07) is 4.53. The van der Waals surface area contributed by atoms with Crippen LogP contribution in [0.4, 0.5) is 0 Å². The Hall–Kier alpha value is -2.72. The van der Waals surface area contributed by atoms with Gasteiger partial charge in [0.05, 0.1) is 28.5 Å². The van der Waals surface area contributed by atoms with Crippen molar-refractivity contribution in [1.29, 1.82) is 0 Å². The molecule has 2 fully saturated rings. The van der Waals surface area contributed by atoms with E-state index in [9.17, 15) is 18.0 Å². The first-order valence-electron chi connectivity index (χ1n) is 11.9. The molecule has 0 bridgehead atoms. The van der Waals surface area contributed by atoms with Crippen molar-refractivity contribution in [3.05, 3.63) is 57.0 Å². The Balaban J connectivity index is 1.65. The number of hydrogen-bond donors (Lipinski definition) is 1. The molecule has 2 aromatic heterocycles. The lowest BCUT2D eigenvalue weighted by atomic mass is 9.89. The third-order valence-corrected chi connectivity index (χ3v) is 8.79. The van der Waals surface area contributed by atoms with Gasteiger partial charge >= 0.3 is 5.69 Å². The van der Waals surface area contributed by atoms with Crippen molar-refractivity contribution in [3.63, 3.8) is 0 Å². The average Bonchev–Trinajstić information content (AvgIpc) is 3.37. The van der Waals surface area contributed by atoms with E-state index in [1.807, 2.05) is 6.92 Å². The van der Waals surface area contributed by atoms with Gasteiger partial charge in [-0.05, 0) is 56.7 Å². The van der Waals surface area contributed by atoms with E-state index in [0.29, 0.717) is 18.0 Å². The Morgan fingerprint density at radius 2 is 1.85 bits per heavy atom. The van der Waals surface area contributed by atoms with E-state index < -0.39 is 21.1 Å². The quantitative estimate of drug-likeness (QED) is 0.553. The predicted octanol–water partition coefficient (Wildman–Crippen LogP) is 2.36. The highest BCUT2D eigenvalue weighted by atomic mass is 32.2. The summed E-state index contributed by atoms with van der Waals surface area (Å²) in [6.07, 6.45) is 10.6. The molecule has 2 heterocycles. The highest BCUT2D eigenvalue weighted by Crippen LogP contribution is 2.36. The number of fused-ring (bicyclic) bond motifs is 1. The van der Waals surface area contributed by atoms with Crippen LogP contribution in [-0.4, -0.2) is 32.9 Å². The Bertz CT molecular complexity index is 1460. The van der Waals surface area contributed by atoms with Crippen molar-refractivity contribution in [2.45, 2.75) is 75.4 Å². The molecule has 2 saturated carbocycles. The van der Waals surface area contributed by atoms with Crippen LogP contribution < -0.4 is 16.0 Å². The van der Waals surface area contributed by atoms with E-state index in [0.717, 1.165) is 44.1 Å². The SMILES string of the molecule is Cn1cc(Cn2c(=O)c3cc(S(=O)(=O)NC4(C)CC4)ccc3n(CC3CCCCC3)c2=O)cn1. The number of hydrogen-bond acceptors (Lipinski definition) is 5. The summed E-state index contributed by atoms with van der Waals surface area (Å²) in [4.78, 5) is 27.1. The number of aryl methyl sites for hydroxylation is 1. The molecule has 1 N–H and O–H groups in total. The van der Waals surface area contributed by atoms with Crippen LogP contribution in [0.5, 0.6) is 0 Å². The van der Waals surface area contributed by atoms with Gasteiger partial charge in [-0.25, -0.2) is 17.9 Å². The Labute approximate surface area is 198 Å². The molecule has 0 atom stereocenters. The molecule has 0 aliphatic heterocycles. The van der Waals surface area contributed by atoms with Crippen LogP contribution in [0.15, 0.2) is 45.1 Å². The highest BCUT2D eigenvalue weighted by Gasteiger charge is 2.41. The number of nitrogens with one attached hydrogen (secondary N) is 1. The van der Waals surface area contributed by atoms with Gasteiger partial charge in [0.1, 0.15) is 0 Å². The van der Waals surface area contributed by atoms with E-state index in [2.05, 4.69) is 9.82 Å². The average molecular weight is 486 g/mol. The summed E-state index contributed by atoms with van der Waals surface area (Å²) < 4.78 is 33.2. The molecule has 0 saturated heterocycles. The van der Waals surface area contributed by atoms with Crippen LogP contribution >= 0.6 is 0 Å². The molecule has 3 aromatic rings. The van der Waals surface area contributed by atoms with E-state index in [-0.39, 0.29) is 22.5 Å². The topological polar surface area (TPSA) is 108 Å². The van der Waals surface area contributed by atoms with Gasteiger partial charge in [-0.1, -0.05) is 19.3 Å². The normalized spacial score (nSPS) is 18.4. The third-order valence-electron chi connectivity index (χ3n) is 7.15. The molecule has 0 radical (unpaired) electrons. The summed E-state index contributed by atoms with van der Waals surface area (Å²) in [5, 5.41) is 4.38. The summed E-state index contributed by atoms with van der Waals surface area (Å²) in [5.41, 5.74) is -0.0600. The molecule has 2 aliphatic rings. The fraction of sp³-hybridized carbons (Fsp3) is 0.542. The van der Waals surface area contributed by atoms with Crippen LogP contribution in [0, 0.1) is 5.92 Å². The van der Waals surface area contributed by atoms with Gasteiger partial charge < -0.3 is 0 Å². The zero-order valence-corrected chi connectivity index (χ0v) is 20.5. The summed E-state index contributed by atoms with van der Waals surface area (Å²) in [5.74, 6) is 0.360. The van der Waals surface area contributed by atoms with Crippen molar-refractivity contribution in [3.8, 4) is 0 Å². The van der Waals surface area contributed by atoms with Gasteiger partial charge in [-0.2, -0.15) is 5.10 Å². The first-order valence-corrected chi connectivity index (χ1v) is 13.4. The van der Waals surface area contributed by atoms with Crippen LogP contribution in [0.3, 0.4) is 0 Å². The fourth-order valence-corrected chi connectivity index (χ4v) is 6.41. The minimum absolute atomic E-state index is 0.0426. The van der Waals surface area contributed by atoms with Crippen molar-refractivity contribution in [2.75, 3.05) is 0 Å². The number of rotatable bonds is 7. The highest BCUT2D eigenvalue weighted by molar-refractivity contribution is 7.89. The van der Waals surface area contributed by atoms with Gasteiger partial charge in [0.15, 0.2) is 0 Å². The van der Waals surface area contributed by atoms with Crippen LogP contribution in [-0.2, 0) is 30.2 Å². The molecule has 0 amide bonds. The third kappa shape index (κ3) is 4.48. The molecular formula is C24H31N5O4S. The lowest BCUT2D eigenvalue weighted by Gasteiger charge is -2.24. The second kappa shape index (κ2) is 8.49. The van der Waals surface area contributed by atoms with E-state index >= 15 is 0 Å². The van der Waals surface area contributed by atoms with Gasteiger partial charge in [0.25, 0.3) is 5.56 Å². The Morgan fingerprint density at radius 1 is 1.12 bits per heavy atom. The van der Waals surface area contributed by atoms with Crippen molar-refractivity contribution in [1.82, 2.24) is 23.6 Å². The molecule has 5 rings (SSSR count).